The normalized spacial score (nSPS) is 17.4. The highest BCUT2D eigenvalue weighted by Gasteiger charge is 2.17. The molecule has 1 atom stereocenters. The minimum absolute atomic E-state index is 0.0105. The Bertz CT molecular complexity index is 535. The third kappa shape index (κ3) is 4.60. The van der Waals surface area contributed by atoms with Gasteiger partial charge in [-0.1, -0.05) is 6.42 Å². The predicted molar refractivity (Wildman–Crippen MR) is 83.0 cm³/mol. The highest BCUT2D eigenvalue weighted by atomic mass is 16.2. The quantitative estimate of drug-likeness (QED) is 0.824. The molecule has 0 aliphatic carbocycles. The zero-order valence-electron chi connectivity index (χ0n) is 12.5. The molecule has 0 radical (unpaired) electrons. The minimum Gasteiger partial charge on any atom is -0.398 e. The van der Waals surface area contributed by atoms with Crippen LogP contribution in [0.2, 0.25) is 0 Å². The summed E-state index contributed by atoms with van der Waals surface area (Å²) in [5.41, 5.74) is 5.88. The summed E-state index contributed by atoms with van der Waals surface area (Å²) >= 11 is 0. The van der Waals surface area contributed by atoms with Crippen LogP contribution in [0.1, 0.15) is 26.2 Å². The number of nitrogen functional groups attached to an aromatic ring is 1. The Morgan fingerprint density at radius 3 is 2.76 bits per heavy atom. The average Bonchev–Trinajstić information content (AvgIpc) is 2.49. The summed E-state index contributed by atoms with van der Waals surface area (Å²) in [5.74, 6) is -0.161. The molecule has 116 valence electrons. The number of hydrogen-bond acceptors (Lipinski definition) is 4. The largest absolute Gasteiger partial charge is 0.398 e. The van der Waals surface area contributed by atoms with Crippen molar-refractivity contribution >= 4 is 11.6 Å². The molecular formula is C15H24N4O2. The number of nitrogens with zero attached hydrogens (tertiary/aromatic N) is 2. The second-order valence-electron chi connectivity index (χ2n) is 5.68. The predicted octanol–water partition coefficient (Wildman–Crippen LogP) is 0.421. The van der Waals surface area contributed by atoms with Crippen molar-refractivity contribution in [2.24, 2.45) is 0 Å². The monoisotopic (exact) mass is 292 g/mol. The fourth-order valence-corrected chi connectivity index (χ4v) is 2.63. The molecule has 1 amide bonds. The van der Waals surface area contributed by atoms with Crippen LogP contribution in [0.25, 0.3) is 0 Å². The molecular weight excluding hydrogens is 268 g/mol. The summed E-state index contributed by atoms with van der Waals surface area (Å²) in [6.07, 6.45) is 5.26. The van der Waals surface area contributed by atoms with Gasteiger partial charge in [0.2, 0.25) is 5.91 Å². The van der Waals surface area contributed by atoms with Crippen molar-refractivity contribution in [1.82, 2.24) is 14.8 Å². The van der Waals surface area contributed by atoms with Crippen LogP contribution in [0, 0.1) is 0 Å². The zero-order chi connectivity index (χ0) is 15.2. The van der Waals surface area contributed by atoms with Gasteiger partial charge < -0.3 is 15.6 Å². The van der Waals surface area contributed by atoms with E-state index < -0.39 is 0 Å². The number of rotatable bonds is 5. The van der Waals surface area contributed by atoms with Crippen LogP contribution in [0.4, 0.5) is 5.69 Å². The molecule has 1 aliphatic heterocycles. The number of amides is 1. The average molecular weight is 292 g/mol. The van der Waals surface area contributed by atoms with Crippen molar-refractivity contribution < 1.29 is 4.79 Å². The number of nitrogens with one attached hydrogen (secondary N) is 1. The molecule has 3 N–H and O–H groups in total. The molecule has 1 aromatic rings. The summed E-state index contributed by atoms with van der Waals surface area (Å²) < 4.78 is 1.33. The smallest absolute Gasteiger partial charge is 0.251 e. The maximum atomic E-state index is 11.9. The van der Waals surface area contributed by atoms with E-state index in [0.29, 0.717) is 18.3 Å². The third-order valence-electron chi connectivity index (χ3n) is 3.93. The summed E-state index contributed by atoms with van der Waals surface area (Å²) in [4.78, 5) is 25.9. The van der Waals surface area contributed by atoms with Crippen molar-refractivity contribution in [3.05, 3.63) is 28.7 Å². The van der Waals surface area contributed by atoms with Crippen LogP contribution >= 0.6 is 0 Å². The molecule has 0 aromatic carbocycles. The highest BCUT2D eigenvalue weighted by Crippen LogP contribution is 2.11. The van der Waals surface area contributed by atoms with E-state index in [1.807, 2.05) is 0 Å². The maximum absolute atomic E-state index is 11.9. The van der Waals surface area contributed by atoms with Gasteiger partial charge in [0.05, 0.1) is 0 Å². The molecule has 1 aromatic heterocycles. The number of likely N-dealkylation sites (tertiary alicyclic amines) is 1. The molecule has 0 bridgehead atoms. The van der Waals surface area contributed by atoms with Gasteiger partial charge in [-0.2, -0.15) is 0 Å². The van der Waals surface area contributed by atoms with E-state index in [1.165, 1.54) is 42.2 Å². The van der Waals surface area contributed by atoms with Crippen molar-refractivity contribution in [1.29, 1.82) is 0 Å². The zero-order valence-corrected chi connectivity index (χ0v) is 12.5. The van der Waals surface area contributed by atoms with Gasteiger partial charge in [0.1, 0.15) is 6.54 Å². The number of anilines is 1. The molecule has 2 heterocycles. The van der Waals surface area contributed by atoms with Crippen molar-refractivity contribution in [2.75, 3.05) is 25.4 Å². The Hall–Kier alpha value is -1.82. The molecule has 21 heavy (non-hydrogen) atoms. The summed E-state index contributed by atoms with van der Waals surface area (Å²) in [7, 11) is 0. The molecule has 1 saturated heterocycles. The van der Waals surface area contributed by atoms with Gasteiger partial charge in [0.15, 0.2) is 0 Å². The van der Waals surface area contributed by atoms with E-state index in [9.17, 15) is 9.59 Å². The van der Waals surface area contributed by atoms with E-state index in [4.69, 9.17) is 5.73 Å². The Morgan fingerprint density at radius 2 is 2.05 bits per heavy atom. The fraction of sp³-hybridized carbons (Fsp3) is 0.600. The van der Waals surface area contributed by atoms with Gasteiger partial charge in [-0.3, -0.25) is 14.5 Å². The van der Waals surface area contributed by atoms with Crippen molar-refractivity contribution in [2.45, 2.75) is 38.8 Å². The summed E-state index contributed by atoms with van der Waals surface area (Å²) in [6.45, 7) is 4.95. The van der Waals surface area contributed by atoms with Crippen LogP contribution in [0.15, 0.2) is 23.1 Å². The first-order valence-electron chi connectivity index (χ1n) is 7.53. The molecule has 1 aliphatic rings. The van der Waals surface area contributed by atoms with E-state index in [-0.39, 0.29) is 18.0 Å². The Balaban J connectivity index is 1.81. The third-order valence-corrected chi connectivity index (χ3v) is 3.93. The first-order chi connectivity index (χ1) is 10.1. The summed E-state index contributed by atoms with van der Waals surface area (Å²) in [5, 5.41) is 2.89. The lowest BCUT2D eigenvalue weighted by atomic mass is 10.1. The number of carbonyl (C=O) groups is 1. The van der Waals surface area contributed by atoms with Gasteiger partial charge in [0, 0.05) is 30.5 Å². The number of carbonyl (C=O) groups excluding carboxylic acids is 1. The van der Waals surface area contributed by atoms with Crippen LogP contribution in [0.5, 0.6) is 0 Å². The Labute approximate surface area is 124 Å². The molecule has 6 heteroatoms. The second-order valence-corrected chi connectivity index (χ2v) is 5.68. The van der Waals surface area contributed by atoms with Gasteiger partial charge in [-0.15, -0.1) is 0 Å². The lowest BCUT2D eigenvalue weighted by Crippen LogP contribution is -2.45. The standard InChI is InChI=1S/C15H24N4O2/c1-12(18-7-3-2-4-8-18)9-17-14(20)11-19-10-13(16)5-6-15(19)21/h5-6,10,12H,2-4,7-9,11,16H2,1H3,(H,17,20). The molecule has 1 unspecified atom stereocenters. The van der Waals surface area contributed by atoms with E-state index in [2.05, 4.69) is 17.1 Å². The number of piperidine rings is 1. The van der Waals surface area contributed by atoms with Crippen LogP contribution in [-0.2, 0) is 11.3 Å². The van der Waals surface area contributed by atoms with E-state index in [1.54, 1.807) is 0 Å². The van der Waals surface area contributed by atoms with Crippen molar-refractivity contribution in [3.63, 3.8) is 0 Å². The first-order valence-corrected chi connectivity index (χ1v) is 7.53. The number of nitrogens with two attached hydrogens (primary N) is 1. The molecule has 0 spiro atoms. The minimum atomic E-state index is -0.219. The van der Waals surface area contributed by atoms with Gasteiger partial charge in [0.25, 0.3) is 5.56 Å². The van der Waals surface area contributed by atoms with Crippen LogP contribution in [0.3, 0.4) is 0 Å². The van der Waals surface area contributed by atoms with E-state index >= 15 is 0 Å². The van der Waals surface area contributed by atoms with Crippen LogP contribution < -0.4 is 16.6 Å². The van der Waals surface area contributed by atoms with Gasteiger partial charge in [-0.25, -0.2) is 0 Å². The fourth-order valence-electron chi connectivity index (χ4n) is 2.63. The molecule has 6 nitrogen and oxygen atoms in total. The topological polar surface area (TPSA) is 80.4 Å². The maximum Gasteiger partial charge on any atom is 0.251 e. The molecule has 0 saturated carbocycles. The highest BCUT2D eigenvalue weighted by molar-refractivity contribution is 5.75. The van der Waals surface area contributed by atoms with Crippen molar-refractivity contribution in [3.8, 4) is 0 Å². The van der Waals surface area contributed by atoms with Gasteiger partial charge in [-0.05, 0) is 38.9 Å². The Morgan fingerprint density at radius 1 is 1.33 bits per heavy atom. The van der Waals surface area contributed by atoms with Gasteiger partial charge >= 0.3 is 0 Å². The second kappa shape index (κ2) is 7.26. The number of aromatic nitrogens is 1. The Kier molecular flexibility index (Phi) is 5.38. The SMILES string of the molecule is CC(CNC(=O)Cn1cc(N)ccc1=O)N1CCCCC1. The molecule has 2 rings (SSSR count). The van der Waals surface area contributed by atoms with E-state index in [0.717, 1.165) is 13.1 Å². The van der Waals surface area contributed by atoms with Crippen LogP contribution in [-0.4, -0.2) is 41.1 Å². The first kappa shape index (κ1) is 15.6. The number of pyridine rings is 1. The summed E-state index contributed by atoms with van der Waals surface area (Å²) in [6, 6.07) is 3.24. The lowest BCUT2D eigenvalue weighted by Gasteiger charge is -2.32. The lowest BCUT2D eigenvalue weighted by molar-refractivity contribution is -0.122. The number of hydrogen-bond donors (Lipinski definition) is 2. The molecule has 1 fully saturated rings.